The molecule has 4 nitrogen and oxygen atoms in total. The number of nitrogens with zero attached hydrogens (tertiary/aromatic N) is 2. The zero-order valence-electron chi connectivity index (χ0n) is 9.30. The average molecular weight is 261 g/mol. The van der Waals surface area contributed by atoms with E-state index in [2.05, 4.69) is 4.98 Å². The van der Waals surface area contributed by atoms with Gasteiger partial charge < -0.3 is 9.84 Å². The lowest BCUT2D eigenvalue weighted by molar-refractivity contribution is 0.281. The van der Waals surface area contributed by atoms with Crippen molar-refractivity contribution in [3.05, 3.63) is 52.7 Å². The molecule has 5 heteroatoms. The Hall–Kier alpha value is -2.09. The topological polar surface area (TPSA) is 66.1 Å². The highest BCUT2D eigenvalue weighted by atomic mass is 35.5. The molecule has 1 N–H and O–H groups in total. The molecule has 0 saturated carbocycles. The highest BCUT2D eigenvalue weighted by molar-refractivity contribution is 6.33. The Morgan fingerprint density at radius 2 is 2.22 bits per heavy atom. The number of halogens is 1. The molecule has 18 heavy (non-hydrogen) atoms. The third-order valence-electron chi connectivity index (χ3n) is 2.27. The van der Waals surface area contributed by atoms with Crippen LogP contribution in [0.2, 0.25) is 5.02 Å². The van der Waals surface area contributed by atoms with Gasteiger partial charge in [-0.3, -0.25) is 0 Å². The van der Waals surface area contributed by atoms with Gasteiger partial charge in [0.1, 0.15) is 16.8 Å². The van der Waals surface area contributed by atoms with Gasteiger partial charge in [0.15, 0.2) is 0 Å². The van der Waals surface area contributed by atoms with Gasteiger partial charge in [0, 0.05) is 6.20 Å². The molecule has 0 radical (unpaired) electrons. The number of benzene rings is 1. The number of aromatic nitrogens is 1. The predicted octanol–water partition coefficient (Wildman–Crippen LogP) is 2.89. The van der Waals surface area contributed by atoms with Crippen molar-refractivity contribution in [2.24, 2.45) is 0 Å². The van der Waals surface area contributed by atoms with Crippen molar-refractivity contribution in [1.29, 1.82) is 5.26 Å². The second kappa shape index (κ2) is 5.50. The van der Waals surface area contributed by atoms with Gasteiger partial charge in [0.25, 0.3) is 0 Å². The maximum Gasteiger partial charge on any atom is 0.239 e. The zero-order valence-corrected chi connectivity index (χ0v) is 10.1. The van der Waals surface area contributed by atoms with Crippen LogP contribution in [0, 0.1) is 11.3 Å². The summed E-state index contributed by atoms with van der Waals surface area (Å²) in [6, 6.07) is 10.4. The Labute approximate surface area is 109 Å². The van der Waals surface area contributed by atoms with Crippen LogP contribution in [0.3, 0.4) is 0 Å². The van der Waals surface area contributed by atoms with E-state index in [0.717, 1.165) is 5.56 Å². The number of hydrogen-bond donors (Lipinski definition) is 1. The van der Waals surface area contributed by atoms with Crippen molar-refractivity contribution < 1.29 is 9.84 Å². The molecule has 2 aromatic rings. The van der Waals surface area contributed by atoms with Gasteiger partial charge in [-0.25, -0.2) is 4.98 Å². The van der Waals surface area contributed by atoms with Crippen LogP contribution in [0.1, 0.15) is 11.1 Å². The fourth-order valence-electron chi connectivity index (χ4n) is 1.40. The van der Waals surface area contributed by atoms with Gasteiger partial charge in [-0.2, -0.15) is 5.26 Å². The van der Waals surface area contributed by atoms with Gasteiger partial charge in [-0.05, 0) is 23.8 Å². The van der Waals surface area contributed by atoms with Gasteiger partial charge in [0.05, 0.1) is 12.2 Å². The largest absolute Gasteiger partial charge is 0.437 e. The first kappa shape index (κ1) is 12.4. The Kier molecular flexibility index (Phi) is 3.78. The Morgan fingerprint density at radius 1 is 1.39 bits per heavy atom. The smallest absolute Gasteiger partial charge is 0.239 e. The first-order chi connectivity index (χ1) is 8.74. The summed E-state index contributed by atoms with van der Waals surface area (Å²) in [6.07, 6.45) is 1.45. The summed E-state index contributed by atoms with van der Waals surface area (Å²) in [5, 5.41) is 18.0. The summed E-state index contributed by atoms with van der Waals surface area (Å²) in [6.45, 7) is -0.0728. The van der Waals surface area contributed by atoms with Crippen molar-refractivity contribution in [2.45, 2.75) is 6.61 Å². The summed E-state index contributed by atoms with van der Waals surface area (Å²) >= 11 is 5.97. The lowest BCUT2D eigenvalue weighted by Gasteiger charge is -2.07. The Morgan fingerprint density at radius 3 is 2.94 bits per heavy atom. The lowest BCUT2D eigenvalue weighted by Crippen LogP contribution is -1.92. The fraction of sp³-hybridized carbons (Fsp3) is 0.0769. The summed E-state index contributed by atoms with van der Waals surface area (Å²) in [5.74, 6) is 0.678. The Bertz CT molecular complexity index is 608. The van der Waals surface area contributed by atoms with Crippen molar-refractivity contribution in [3.63, 3.8) is 0 Å². The van der Waals surface area contributed by atoms with Gasteiger partial charge in [0.2, 0.25) is 5.88 Å². The second-order valence-corrected chi connectivity index (χ2v) is 3.87. The molecule has 0 fully saturated rings. The van der Waals surface area contributed by atoms with E-state index < -0.39 is 0 Å². The molecule has 0 saturated heterocycles. The summed E-state index contributed by atoms with van der Waals surface area (Å²) in [7, 11) is 0. The average Bonchev–Trinajstić information content (AvgIpc) is 2.41. The number of nitriles is 1. The predicted molar refractivity (Wildman–Crippen MR) is 66.4 cm³/mol. The van der Waals surface area contributed by atoms with Crippen molar-refractivity contribution in [2.75, 3.05) is 0 Å². The van der Waals surface area contributed by atoms with E-state index in [1.807, 2.05) is 6.07 Å². The molecule has 1 aromatic carbocycles. The maximum atomic E-state index is 9.02. The summed E-state index contributed by atoms with van der Waals surface area (Å²) in [5.41, 5.74) is 1.03. The molecule has 0 bridgehead atoms. The third-order valence-corrected chi connectivity index (χ3v) is 2.64. The number of rotatable bonds is 3. The van der Waals surface area contributed by atoms with E-state index in [1.54, 1.807) is 24.3 Å². The van der Waals surface area contributed by atoms with Crippen molar-refractivity contribution >= 4 is 11.6 Å². The minimum absolute atomic E-state index is 0.0728. The van der Waals surface area contributed by atoms with Crippen LogP contribution < -0.4 is 4.74 Å². The molecule has 0 atom stereocenters. The van der Waals surface area contributed by atoms with E-state index in [0.29, 0.717) is 11.3 Å². The normalized spacial score (nSPS) is 9.83. The molecule has 0 amide bonds. The second-order valence-electron chi connectivity index (χ2n) is 3.50. The number of hydrogen-bond acceptors (Lipinski definition) is 4. The van der Waals surface area contributed by atoms with E-state index in [-0.39, 0.29) is 17.5 Å². The highest BCUT2D eigenvalue weighted by Crippen LogP contribution is 2.29. The molecule has 0 spiro atoms. The molecular formula is C13H9ClN2O2. The summed E-state index contributed by atoms with van der Waals surface area (Å²) in [4.78, 5) is 3.97. The molecule has 1 heterocycles. The van der Waals surface area contributed by atoms with Crippen LogP contribution in [0.25, 0.3) is 0 Å². The fourth-order valence-corrected chi connectivity index (χ4v) is 1.59. The van der Waals surface area contributed by atoms with Gasteiger partial charge in [-0.15, -0.1) is 0 Å². The van der Waals surface area contributed by atoms with Crippen LogP contribution in [0.15, 0.2) is 36.5 Å². The monoisotopic (exact) mass is 260 g/mol. The molecule has 0 unspecified atom stereocenters. The lowest BCUT2D eigenvalue weighted by atomic mass is 10.2. The molecule has 0 aliphatic rings. The highest BCUT2D eigenvalue weighted by Gasteiger charge is 2.09. The van der Waals surface area contributed by atoms with E-state index in [1.165, 1.54) is 12.3 Å². The molecule has 90 valence electrons. The number of aliphatic hydroxyl groups is 1. The van der Waals surface area contributed by atoms with E-state index >= 15 is 0 Å². The van der Waals surface area contributed by atoms with Crippen molar-refractivity contribution in [3.8, 4) is 17.7 Å². The van der Waals surface area contributed by atoms with Crippen LogP contribution in [0.4, 0.5) is 0 Å². The van der Waals surface area contributed by atoms with Crippen LogP contribution in [0.5, 0.6) is 11.6 Å². The molecular weight excluding hydrogens is 252 g/mol. The number of pyridine rings is 1. The molecule has 1 aromatic heterocycles. The number of aliphatic hydroxyl groups excluding tert-OH is 1. The maximum absolute atomic E-state index is 9.02. The molecule has 0 aliphatic heterocycles. The van der Waals surface area contributed by atoms with Gasteiger partial charge in [-0.1, -0.05) is 23.7 Å². The number of ether oxygens (including phenoxy) is 1. The standard InChI is InChI=1S/C13H9ClN2O2/c14-12-10(7-15)4-5-16-13(12)18-11-3-1-2-9(6-11)8-17/h1-6,17H,8H2. The molecule has 0 aliphatic carbocycles. The zero-order chi connectivity index (χ0) is 13.0. The minimum Gasteiger partial charge on any atom is -0.437 e. The van der Waals surface area contributed by atoms with Crippen molar-refractivity contribution in [1.82, 2.24) is 4.98 Å². The SMILES string of the molecule is N#Cc1ccnc(Oc2cccc(CO)c2)c1Cl. The van der Waals surface area contributed by atoms with E-state index in [4.69, 9.17) is 26.7 Å². The van der Waals surface area contributed by atoms with Crippen LogP contribution in [-0.2, 0) is 6.61 Å². The van der Waals surface area contributed by atoms with Crippen LogP contribution in [-0.4, -0.2) is 10.1 Å². The Balaban J connectivity index is 2.31. The first-order valence-corrected chi connectivity index (χ1v) is 5.54. The molecule has 2 rings (SSSR count). The quantitative estimate of drug-likeness (QED) is 0.921. The minimum atomic E-state index is -0.0728. The first-order valence-electron chi connectivity index (χ1n) is 5.17. The third kappa shape index (κ3) is 2.59. The van der Waals surface area contributed by atoms with E-state index in [9.17, 15) is 0 Å². The van der Waals surface area contributed by atoms with Crippen LogP contribution >= 0.6 is 11.6 Å². The summed E-state index contributed by atoms with van der Waals surface area (Å²) < 4.78 is 5.49. The van der Waals surface area contributed by atoms with Gasteiger partial charge >= 0.3 is 0 Å².